The summed E-state index contributed by atoms with van der Waals surface area (Å²) >= 11 is 3.50. The van der Waals surface area contributed by atoms with E-state index in [0.29, 0.717) is 6.61 Å². The Morgan fingerprint density at radius 1 is 1.20 bits per heavy atom. The van der Waals surface area contributed by atoms with Gasteiger partial charge >= 0.3 is 0 Å². The second-order valence-corrected chi connectivity index (χ2v) is 7.14. The van der Waals surface area contributed by atoms with Crippen LogP contribution in [0.5, 0.6) is 5.75 Å². The van der Waals surface area contributed by atoms with E-state index in [-0.39, 0.29) is 0 Å². The maximum Gasteiger partial charge on any atom is 0.128 e. The molecule has 1 aromatic heterocycles. The molecule has 128 valence electrons. The summed E-state index contributed by atoms with van der Waals surface area (Å²) in [5.41, 5.74) is 5.76. The highest BCUT2D eigenvalue weighted by Gasteiger charge is 2.18. The number of nitrogens with zero attached hydrogens (tertiary/aromatic N) is 1. The van der Waals surface area contributed by atoms with Crippen molar-refractivity contribution in [1.29, 1.82) is 0 Å². The van der Waals surface area contributed by atoms with Gasteiger partial charge in [-0.25, -0.2) is 4.98 Å². The Labute approximate surface area is 155 Å². The van der Waals surface area contributed by atoms with Crippen LogP contribution in [0.2, 0.25) is 0 Å². The fourth-order valence-electron chi connectivity index (χ4n) is 3.12. The normalized spacial score (nSPS) is 12.4. The van der Waals surface area contributed by atoms with Crippen LogP contribution < -0.4 is 10.1 Å². The third-order valence-corrected chi connectivity index (χ3v) is 4.87. The minimum atomic E-state index is 0.589. The molecule has 2 aromatic carbocycles. The zero-order chi connectivity index (χ0) is 17.2. The number of nitrogens with one attached hydrogen (secondary N) is 2. The molecule has 0 fully saturated rings. The summed E-state index contributed by atoms with van der Waals surface area (Å²) < 4.78 is 6.96. The van der Waals surface area contributed by atoms with Crippen molar-refractivity contribution in [3.63, 3.8) is 0 Å². The molecule has 0 saturated carbocycles. The Morgan fingerprint density at radius 2 is 2.08 bits per heavy atom. The first-order valence-corrected chi connectivity index (χ1v) is 9.34. The predicted octanol–water partition coefficient (Wildman–Crippen LogP) is 4.90. The molecule has 0 unspecified atom stereocenters. The summed E-state index contributed by atoms with van der Waals surface area (Å²) in [4.78, 5) is 7.87. The lowest BCUT2D eigenvalue weighted by atomic mass is 9.95. The van der Waals surface area contributed by atoms with Crippen molar-refractivity contribution in [2.45, 2.75) is 26.5 Å². The van der Waals surface area contributed by atoms with Gasteiger partial charge in [0.2, 0.25) is 0 Å². The molecule has 25 heavy (non-hydrogen) atoms. The second kappa shape index (κ2) is 7.02. The van der Waals surface area contributed by atoms with E-state index >= 15 is 0 Å². The maximum atomic E-state index is 5.93. The fraction of sp³-hybridized carbons (Fsp3) is 0.250. The Kier molecular flexibility index (Phi) is 4.59. The second-order valence-electron chi connectivity index (χ2n) is 6.22. The van der Waals surface area contributed by atoms with Crippen molar-refractivity contribution in [3.8, 4) is 28.1 Å². The third-order valence-electron chi connectivity index (χ3n) is 4.38. The van der Waals surface area contributed by atoms with Crippen molar-refractivity contribution >= 4 is 15.9 Å². The molecule has 5 heteroatoms. The van der Waals surface area contributed by atoms with E-state index in [4.69, 9.17) is 4.74 Å². The van der Waals surface area contributed by atoms with E-state index in [1.807, 2.05) is 12.3 Å². The van der Waals surface area contributed by atoms with E-state index < -0.39 is 0 Å². The zero-order valence-corrected chi connectivity index (χ0v) is 15.7. The molecule has 0 aliphatic carbocycles. The van der Waals surface area contributed by atoms with Crippen LogP contribution >= 0.6 is 15.9 Å². The van der Waals surface area contributed by atoms with Crippen molar-refractivity contribution < 1.29 is 4.74 Å². The molecule has 0 atom stereocenters. The monoisotopic (exact) mass is 397 g/mol. The number of H-pyrrole nitrogens is 1. The van der Waals surface area contributed by atoms with Crippen LogP contribution in [0.25, 0.3) is 22.4 Å². The van der Waals surface area contributed by atoms with E-state index in [2.05, 4.69) is 68.5 Å². The topological polar surface area (TPSA) is 49.9 Å². The average Bonchev–Trinajstić information content (AvgIpc) is 3.10. The Bertz CT molecular complexity index is 904. The Morgan fingerprint density at radius 3 is 2.96 bits per heavy atom. The Balaban J connectivity index is 1.61. The minimum absolute atomic E-state index is 0.589. The van der Waals surface area contributed by atoms with Gasteiger partial charge in [0, 0.05) is 10.0 Å². The van der Waals surface area contributed by atoms with Crippen LogP contribution in [0, 0.1) is 0 Å². The molecule has 1 aliphatic heterocycles. The number of halogens is 1. The number of aromatic amines is 1. The van der Waals surface area contributed by atoms with Gasteiger partial charge in [-0.2, -0.15) is 0 Å². The van der Waals surface area contributed by atoms with Crippen LogP contribution in [-0.2, 0) is 13.2 Å². The highest BCUT2D eigenvalue weighted by Crippen LogP contribution is 2.40. The largest absolute Gasteiger partial charge is 0.488 e. The lowest BCUT2D eigenvalue weighted by molar-refractivity contribution is 0.302. The fourth-order valence-corrected chi connectivity index (χ4v) is 3.46. The van der Waals surface area contributed by atoms with Crippen LogP contribution in [-0.4, -0.2) is 16.5 Å². The summed E-state index contributed by atoms with van der Waals surface area (Å²) in [5, 5.41) is 3.36. The van der Waals surface area contributed by atoms with E-state index in [1.54, 1.807) is 0 Å². The quantitative estimate of drug-likeness (QED) is 0.602. The van der Waals surface area contributed by atoms with Gasteiger partial charge < -0.3 is 15.0 Å². The number of imidazole rings is 1. The number of hydrogen-bond donors (Lipinski definition) is 2. The van der Waals surface area contributed by atoms with Gasteiger partial charge in [0.15, 0.2) is 0 Å². The van der Waals surface area contributed by atoms with Gasteiger partial charge in [-0.1, -0.05) is 35.0 Å². The van der Waals surface area contributed by atoms with E-state index in [9.17, 15) is 0 Å². The summed E-state index contributed by atoms with van der Waals surface area (Å²) in [6.45, 7) is 4.52. The highest BCUT2D eigenvalue weighted by atomic mass is 79.9. The molecule has 4 nitrogen and oxygen atoms in total. The number of rotatable bonds is 5. The van der Waals surface area contributed by atoms with Gasteiger partial charge in [-0.15, -0.1) is 0 Å². The maximum absolute atomic E-state index is 5.93. The lowest BCUT2D eigenvalue weighted by Gasteiger charge is -2.21. The van der Waals surface area contributed by atoms with Gasteiger partial charge in [-0.3, -0.25) is 0 Å². The highest BCUT2D eigenvalue weighted by molar-refractivity contribution is 9.10. The SMILES string of the molecule is CCCNCc1ncc(-c2ccc3c(c2)COc2cc(Br)ccc2-3)[nH]1. The van der Waals surface area contributed by atoms with Crippen LogP contribution in [0.1, 0.15) is 24.7 Å². The number of fused-ring (bicyclic) bond motifs is 3. The molecule has 0 radical (unpaired) electrons. The standard InChI is InChI=1S/C20H20BrN3O/c1-2-7-22-11-20-23-10-18(24-20)13-3-5-16-14(8-13)12-25-19-9-15(21)4-6-17(16)19/h3-6,8-10,22H,2,7,11-12H2,1H3,(H,23,24). The molecule has 0 bridgehead atoms. The molecule has 3 aromatic rings. The van der Waals surface area contributed by atoms with Crippen molar-refractivity contribution in [3.05, 3.63) is 58.5 Å². The molecule has 2 N–H and O–H groups in total. The molecule has 0 amide bonds. The summed E-state index contributed by atoms with van der Waals surface area (Å²) in [6.07, 6.45) is 3.02. The Hall–Kier alpha value is -2.11. The smallest absolute Gasteiger partial charge is 0.128 e. The zero-order valence-electron chi connectivity index (χ0n) is 14.1. The van der Waals surface area contributed by atoms with Gasteiger partial charge in [-0.05, 0) is 53.9 Å². The first-order valence-electron chi connectivity index (χ1n) is 8.55. The minimum Gasteiger partial charge on any atom is -0.488 e. The molecule has 0 saturated heterocycles. The van der Waals surface area contributed by atoms with Gasteiger partial charge in [0.1, 0.15) is 18.2 Å². The molecule has 1 aliphatic rings. The third kappa shape index (κ3) is 3.34. The average molecular weight is 398 g/mol. The first-order chi connectivity index (χ1) is 12.2. The van der Waals surface area contributed by atoms with Gasteiger partial charge in [0.05, 0.1) is 18.4 Å². The molecule has 2 heterocycles. The molecular formula is C20H20BrN3O. The summed E-state index contributed by atoms with van der Waals surface area (Å²) in [7, 11) is 0. The van der Waals surface area contributed by atoms with E-state index in [1.165, 1.54) is 11.1 Å². The lowest BCUT2D eigenvalue weighted by Crippen LogP contribution is -2.14. The predicted molar refractivity (Wildman–Crippen MR) is 103 cm³/mol. The van der Waals surface area contributed by atoms with E-state index in [0.717, 1.165) is 52.4 Å². The van der Waals surface area contributed by atoms with Crippen LogP contribution in [0.3, 0.4) is 0 Å². The van der Waals surface area contributed by atoms with Gasteiger partial charge in [0.25, 0.3) is 0 Å². The first kappa shape index (κ1) is 16.4. The number of hydrogen-bond acceptors (Lipinski definition) is 3. The van der Waals surface area contributed by atoms with Crippen LogP contribution in [0.4, 0.5) is 0 Å². The van der Waals surface area contributed by atoms with Crippen molar-refractivity contribution in [2.75, 3.05) is 6.54 Å². The molecule has 0 spiro atoms. The number of ether oxygens (including phenoxy) is 1. The van der Waals surface area contributed by atoms with Crippen molar-refractivity contribution in [2.24, 2.45) is 0 Å². The molecule has 4 rings (SSSR count). The number of benzene rings is 2. The molecular weight excluding hydrogens is 378 g/mol. The van der Waals surface area contributed by atoms with Crippen molar-refractivity contribution in [1.82, 2.24) is 15.3 Å². The van der Waals surface area contributed by atoms with Crippen LogP contribution in [0.15, 0.2) is 47.1 Å². The number of aromatic nitrogens is 2. The summed E-state index contributed by atoms with van der Waals surface area (Å²) in [5.74, 6) is 1.90. The summed E-state index contributed by atoms with van der Waals surface area (Å²) in [6, 6.07) is 12.7.